The summed E-state index contributed by atoms with van der Waals surface area (Å²) in [4.78, 5) is 8.90. The maximum atomic E-state index is 10.6. The van der Waals surface area contributed by atoms with Gasteiger partial charge in [0.05, 0.1) is 11.5 Å². The van der Waals surface area contributed by atoms with E-state index < -0.39 is 12.1 Å². The molecule has 1 rings (SSSR count). The van der Waals surface area contributed by atoms with Crippen LogP contribution in [-0.2, 0) is 4.79 Å². The van der Waals surface area contributed by atoms with Crippen molar-refractivity contribution in [1.29, 1.82) is 5.26 Å². The van der Waals surface area contributed by atoms with Gasteiger partial charge in [0.1, 0.15) is 0 Å². The van der Waals surface area contributed by atoms with Gasteiger partial charge < -0.3 is 10.4 Å². The van der Waals surface area contributed by atoms with E-state index in [1.54, 1.807) is 0 Å². The number of alkyl halides is 3. The number of nitrogens with one attached hydrogen (secondary N) is 1. The smallest absolute Gasteiger partial charge is 0.475 e. The Hall–Kier alpha value is -1.29. The normalized spacial score (nSPS) is 18.2. The zero-order chi connectivity index (χ0) is 11.4. The fraction of sp³-hybridized carbons (Fsp3) is 0.714. The lowest BCUT2D eigenvalue weighted by atomic mass is 9.86. The van der Waals surface area contributed by atoms with E-state index in [0.29, 0.717) is 0 Å². The third-order valence-corrected chi connectivity index (χ3v) is 1.54. The molecule has 0 aliphatic carbocycles. The number of hydrogen-bond donors (Lipinski definition) is 2. The van der Waals surface area contributed by atoms with Crippen LogP contribution in [0, 0.1) is 16.7 Å². The second-order valence-corrected chi connectivity index (χ2v) is 3.08. The molecule has 0 unspecified atom stereocenters. The molecular weight excluding hydrogens is 201 g/mol. The molecule has 1 aliphatic rings. The number of carboxylic acid groups (broad SMARTS) is 1. The number of aliphatic carboxylic acids is 1. The van der Waals surface area contributed by atoms with E-state index in [-0.39, 0.29) is 5.41 Å². The molecule has 0 spiro atoms. The van der Waals surface area contributed by atoms with Gasteiger partial charge in [0.2, 0.25) is 0 Å². The van der Waals surface area contributed by atoms with Gasteiger partial charge in [0.25, 0.3) is 0 Å². The number of nitrogens with zero attached hydrogens (tertiary/aromatic N) is 1. The predicted molar refractivity (Wildman–Crippen MR) is 40.3 cm³/mol. The standard InChI is InChI=1S/C5H8N2.C2HF3O2/c1-5(2-6)3-7-4-5;3-2(4,5)1(6)7/h7H,3-4H2,1H3;(H,6,7). The van der Waals surface area contributed by atoms with Crippen LogP contribution >= 0.6 is 0 Å². The van der Waals surface area contributed by atoms with Crippen LogP contribution in [0.2, 0.25) is 0 Å². The molecular formula is C7H9F3N2O2. The highest BCUT2D eigenvalue weighted by molar-refractivity contribution is 5.73. The lowest BCUT2D eigenvalue weighted by molar-refractivity contribution is -0.192. The van der Waals surface area contributed by atoms with E-state index in [2.05, 4.69) is 11.4 Å². The van der Waals surface area contributed by atoms with E-state index in [9.17, 15) is 13.2 Å². The maximum Gasteiger partial charge on any atom is 0.490 e. The van der Waals surface area contributed by atoms with Crippen LogP contribution in [0.4, 0.5) is 13.2 Å². The first-order chi connectivity index (χ1) is 6.21. The van der Waals surface area contributed by atoms with Crippen LogP contribution < -0.4 is 5.32 Å². The van der Waals surface area contributed by atoms with Gasteiger partial charge in [-0.15, -0.1) is 0 Å². The summed E-state index contributed by atoms with van der Waals surface area (Å²) in [5, 5.41) is 18.5. The maximum absolute atomic E-state index is 10.6. The van der Waals surface area contributed by atoms with E-state index in [0.717, 1.165) is 13.1 Å². The Morgan fingerprint density at radius 3 is 1.93 bits per heavy atom. The molecule has 0 aromatic carbocycles. The molecule has 7 heteroatoms. The summed E-state index contributed by atoms with van der Waals surface area (Å²) in [5.41, 5.74) is -0.0417. The van der Waals surface area contributed by atoms with Gasteiger partial charge in [-0.2, -0.15) is 18.4 Å². The first-order valence-corrected chi connectivity index (χ1v) is 3.63. The minimum atomic E-state index is -5.08. The predicted octanol–water partition coefficient (Wildman–Crippen LogP) is 0.753. The summed E-state index contributed by atoms with van der Waals surface area (Å²) in [6.07, 6.45) is -5.08. The zero-order valence-electron chi connectivity index (χ0n) is 7.35. The van der Waals surface area contributed by atoms with Crippen molar-refractivity contribution >= 4 is 5.97 Å². The Bertz CT molecular complexity index is 253. The molecule has 1 aliphatic heterocycles. The largest absolute Gasteiger partial charge is 0.490 e. The molecule has 0 bridgehead atoms. The average Bonchev–Trinajstić information content (AvgIpc) is 1.99. The monoisotopic (exact) mass is 210 g/mol. The number of carboxylic acids is 1. The summed E-state index contributed by atoms with van der Waals surface area (Å²) in [6.45, 7) is 3.69. The van der Waals surface area contributed by atoms with Crippen molar-refractivity contribution in [3.63, 3.8) is 0 Å². The highest BCUT2D eigenvalue weighted by Gasteiger charge is 2.38. The van der Waals surface area contributed by atoms with Crippen LogP contribution in [0.3, 0.4) is 0 Å². The first-order valence-electron chi connectivity index (χ1n) is 3.63. The van der Waals surface area contributed by atoms with E-state index >= 15 is 0 Å². The minimum Gasteiger partial charge on any atom is -0.475 e. The Morgan fingerprint density at radius 1 is 1.57 bits per heavy atom. The topological polar surface area (TPSA) is 73.1 Å². The number of carbonyl (C=O) groups is 1. The SMILES string of the molecule is CC1(C#N)CNC1.O=C(O)C(F)(F)F. The van der Waals surface area contributed by atoms with E-state index in [1.807, 2.05) is 6.92 Å². The second kappa shape index (κ2) is 4.28. The van der Waals surface area contributed by atoms with Crippen molar-refractivity contribution < 1.29 is 23.1 Å². The molecule has 80 valence electrons. The minimum absolute atomic E-state index is 0.0417. The molecule has 0 aromatic heterocycles. The zero-order valence-corrected chi connectivity index (χ0v) is 7.35. The second-order valence-electron chi connectivity index (χ2n) is 3.08. The molecule has 1 heterocycles. The van der Waals surface area contributed by atoms with E-state index in [4.69, 9.17) is 15.2 Å². The van der Waals surface area contributed by atoms with Crippen LogP contribution in [0.5, 0.6) is 0 Å². The third-order valence-electron chi connectivity index (χ3n) is 1.54. The molecule has 0 amide bonds. The van der Waals surface area contributed by atoms with Crippen LogP contribution in [0.1, 0.15) is 6.92 Å². The highest BCUT2D eigenvalue weighted by Crippen LogP contribution is 2.18. The molecule has 4 nitrogen and oxygen atoms in total. The Morgan fingerprint density at radius 2 is 1.93 bits per heavy atom. The van der Waals surface area contributed by atoms with Crippen molar-refractivity contribution in [2.45, 2.75) is 13.1 Å². The van der Waals surface area contributed by atoms with E-state index in [1.165, 1.54) is 0 Å². The van der Waals surface area contributed by atoms with Crippen molar-refractivity contribution in [1.82, 2.24) is 5.32 Å². The lowest BCUT2D eigenvalue weighted by Gasteiger charge is -2.31. The van der Waals surface area contributed by atoms with Crippen LogP contribution in [-0.4, -0.2) is 30.3 Å². The van der Waals surface area contributed by atoms with Gasteiger partial charge in [-0.1, -0.05) is 0 Å². The van der Waals surface area contributed by atoms with Gasteiger partial charge in [0, 0.05) is 13.1 Å². The van der Waals surface area contributed by atoms with Crippen molar-refractivity contribution in [3.8, 4) is 6.07 Å². The Balaban J connectivity index is 0.000000241. The summed E-state index contributed by atoms with van der Waals surface area (Å²) in [7, 11) is 0. The fourth-order valence-corrected chi connectivity index (χ4v) is 0.579. The van der Waals surface area contributed by atoms with Crippen molar-refractivity contribution in [3.05, 3.63) is 0 Å². The van der Waals surface area contributed by atoms with Gasteiger partial charge >= 0.3 is 12.1 Å². The first kappa shape index (κ1) is 12.7. The van der Waals surface area contributed by atoms with Crippen LogP contribution in [0.25, 0.3) is 0 Å². The molecule has 1 saturated heterocycles. The number of hydrogen-bond acceptors (Lipinski definition) is 3. The summed E-state index contributed by atoms with van der Waals surface area (Å²) < 4.78 is 31.7. The van der Waals surface area contributed by atoms with Gasteiger partial charge in [0.15, 0.2) is 0 Å². The molecule has 0 atom stereocenters. The number of rotatable bonds is 0. The fourth-order valence-electron chi connectivity index (χ4n) is 0.579. The number of halogens is 3. The Labute approximate surface area is 78.3 Å². The summed E-state index contributed by atoms with van der Waals surface area (Å²) >= 11 is 0. The summed E-state index contributed by atoms with van der Waals surface area (Å²) in [6, 6.07) is 2.22. The van der Waals surface area contributed by atoms with Crippen molar-refractivity contribution in [2.24, 2.45) is 5.41 Å². The third kappa shape index (κ3) is 4.09. The van der Waals surface area contributed by atoms with Crippen molar-refractivity contribution in [2.75, 3.05) is 13.1 Å². The molecule has 0 aromatic rings. The van der Waals surface area contributed by atoms with Gasteiger partial charge in [-0.25, -0.2) is 4.79 Å². The van der Waals surface area contributed by atoms with Crippen LogP contribution in [0.15, 0.2) is 0 Å². The quantitative estimate of drug-likeness (QED) is 0.618. The average molecular weight is 210 g/mol. The summed E-state index contributed by atoms with van der Waals surface area (Å²) in [5.74, 6) is -2.76. The van der Waals surface area contributed by atoms with Gasteiger partial charge in [-0.05, 0) is 6.92 Å². The molecule has 0 saturated carbocycles. The van der Waals surface area contributed by atoms with Gasteiger partial charge in [-0.3, -0.25) is 0 Å². The molecule has 1 fully saturated rings. The Kier molecular flexibility index (Phi) is 3.89. The number of nitriles is 1. The molecule has 14 heavy (non-hydrogen) atoms. The molecule has 0 radical (unpaired) electrons. The molecule has 2 N–H and O–H groups in total. The lowest BCUT2D eigenvalue weighted by Crippen LogP contribution is -2.50. The highest BCUT2D eigenvalue weighted by atomic mass is 19.4.